The van der Waals surface area contributed by atoms with Crippen LogP contribution in [0.3, 0.4) is 0 Å². The van der Waals surface area contributed by atoms with Crippen molar-refractivity contribution in [2.75, 3.05) is 79.2 Å². The molecule has 36 heavy (non-hydrogen) atoms. The van der Waals surface area contributed by atoms with Gasteiger partial charge in [0.15, 0.2) is 5.78 Å². The number of carbonyl (C=O) groups is 1. The Labute approximate surface area is 224 Å². The van der Waals surface area contributed by atoms with E-state index >= 15 is 0 Å². The molecule has 0 heterocycles. The molecule has 0 amide bonds. The van der Waals surface area contributed by atoms with Crippen molar-refractivity contribution in [3.8, 4) is 22.6 Å². The van der Waals surface area contributed by atoms with Crippen LogP contribution in [-0.4, -0.2) is 84.9 Å². The lowest BCUT2D eigenvalue weighted by Gasteiger charge is -2.09. The molecule has 0 saturated carbocycles. The molecule has 0 unspecified atom stereocenters. The van der Waals surface area contributed by atoms with Crippen molar-refractivity contribution in [1.82, 2.24) is 0 Å². The van der Waals surface area contributed by atoms with Crippen LogP contribution in [0.25, 0.3) is 11.1 Å². The molecule has 1 aliphatic rings. The number of benzene rings is 2. The summed E-state index contributed by atoms with van der Waals surface area (Å²) in [5.41, 5.74) is 13.8. The number of carbonyl (C=O) groups excluding carboxylic acids is 1. The fourth-order valence-electron chi connectivity index (χ4n) is 3.46. The molecule has 202 valence electrons. The van der Waals surface area contributed by atoms with Crippen LogP contribution < -0.4 is 20.9 Å². The molecule has 2 aromatic carbocycles. The van der Waals surface area contributed by atoms with E-state index in [9.17, 15) is 4.79 Å². The molecule has 1 aliphatic carbocycles. The van der Waals surface area contributed by atoms with Gasteiger partial charge in [0, 0.05) is 24.2 Å². The van der Waals surface area contributed by atoms with Gasteiger partial charge in [-0.05, 0) is 47.5 Å². The third-order valence-electron chi connectivity index (χ3n) is 5.02. The topological polar surface area (TPSA) is 124 Å². The van der Waals surface area contributed by atoms with E-state index in [2.05, 4.69) is 0 Å². The van der Waals surface area contributed by atoms with Gasteiger partial charge in [0.1, 0.15) is 24.7 Å². The van der Waals surface area contributed by atoms with Crippen LogP contribution >= 0.6 is 24.8 Å². The van der Waals surface area contributed by atoms with Gasteiger partial charge in [0.25, 0.3) is 0 Å². The molecule has 0 aromatic heterocycles. The van der Waals surface area contributed by atoms with E-state index in [-0.39, 0.29) is 30.6 Å². The number of ketones is 1. The van der Waals surface area contributed by atoms with Gasteiger partial charge in [-0.1, -0.05) is 0 Å². The molecule has 0 spiro atoms. The zero-order chi connectivity index (χ0) is 24.0. The van der Waals surface area contributed by atoms with E-state index in [1.807, 2.05) is 24.3 Å². The Balaban J connectivity index is 0.00000324. The van der Waals surface area contributed by atoms with Crippen LogP contribution in [0, 0.1) is 0 Å². The van der Waals surface area contributed by atoms with Crippen LogP contribution in [0.1, 0.15) is 15.9 Å². The van der Waals surface area contributed by atoms with Crippen LogP contribution in [0.15, 0.2) is 36.4 Å². The van der Waals surface area contributed by atoms with E-state index < -0.39 is 0 Å². The smallest absolute Gasteiger partial charge is 0.194 e. The van der Waals surface area contributed by atoms with Crippen LogP contribution in [0.4, 0.5) is 0 Å². The summed E-state index contributed by atoms with van der Waals surface area (Å²) in [7, 11) is 0. The highest BCUT2D eigenvalue weighted by molar-refractivity contribution is 6.22. The third-order valence-corrected chi connectivity index (χ3v) is 5.02. The number of fused-ring (bicyclic) bond motifs is 3. The maximum Gasteiger partial charge on any atom is 0.194 e. The highest BCUT2D eigenvalue weighted by Gasteiger charge is 2.27. The molecule has 4 N–H and O–H groups in total. The zero-order valence-corrected chi connectivity index (χ0v) is 21.9. The minimum absolute atomic E-state index is 0. The standard InChI is InChI=1S/C25H34N2O7.2ClH/c26-5-7-29-9-11-31-13-15-33-19-1-3-21-22-4-2-20(18-24(22)25(28)23(21)17-19)34-16-14-32-12-10-30-8-6-27;;/h1-4,17-18H,5-16,26-27H2;2*1H. The average molecular weight is 547 g/mol. The molecule has 0 radical (unpaired) electrons. The Morgan fingerprint density at radius 3 is 1.25 bits per heavy atom. The zero-order valence-electron chi connectivity index (χ0n) is 20.3. The van der Waals surface area contributed by atoms with E-state index in [4.69, 9.17) is 39.9 Å². The van der Waals surface area contributed by atoms with Crippen molar-refractivity contribution in [1.29, 1.82) is 0 Å². The Hall–Kier alpha value is -1.95. The fourth-order valence-corrected chi connectivity index (χ4v) is 3.46. The number of nitrogens with two attached hydrogens (primary N) is 2. The first-order valence-corrected chi connectivity index (χ1v) is 11.5. The largest absolute Gasteiger partial charge is 0.491 e. The summed E-state index contributed by atoms with van der Waals surface area (Å²) in [4.78, 5) is 13.0. The van der Waals surface area contributed by atoms with E-state index in [1.165, 1.54) is 0 Å². The first-order valence-electron chi connectivity index (χ1n) is 11.5. The van der Waals surface area contributed by atoms with Gasteiger partial charge in [0.2, 0.25) is 0 Å². The summed E-state index contributed by atoms with van der Waals surface area (Å²) in [5.74, 6) is 1.22. The molecular weight excluding hydrogens is 511 g/mol. The van der Waals surface area contributed by atoms with Gasteiger partial charge in [-0.15, -0.1) is 24.8 Å². The second kappa shape index (κ2) is 18.3. The van der Waals surface area contributed by atoms with Crippen molar-refractivity contribution in [3.63, 3.8) is 0 Å². The number of hydrogen-bond donors (Lipinski definition) is 2. The van der Waals surface area contributed by atoms with Gasteiger partial charge in [-0.25, -0.2) is 0 Å². The second-order valence-corrected chi connectivity index (χ2v) is 7.47. The van der Waals surface area contributed by atoms with Crippen molar-refractivity contribution in [2.45, 2.75) is 0 Å². The Morgan fingerprint density at radius 2 is 0.861 bits per heavy atom. The van der Waals surface area contributed by atoms with E-state index in [1.54, 1.807) is 12.1 Å². The normalized spacial score (nSPS) is 11.3. The summed E-state index contributed by atoms with van der Waals surface area (Å²) >= 11 is 0. The lowest BCUT2D eigenvalue weighted by atomic mass is 10.1. The third kappa shape index (κ3) is 9.84. The second-order valence-electron chi connectivity index (χ2n) is 7.47. The predicted octanol–water partition coefficient (Wildman–Crippen LogP) is 2.48. The van der Waals surface area contributed by atoms with Crippen molar-refractivity contribution in [3.05, 3.63) is 47.5 Å². The summed E-state index contributed by atoms with van der Waals surface area (Å²) in [6.45, 7) is 5.68. The number of rotatable bonds is 18. The number of halogens is 2. The van der Waals surface area contributed by atoms with Crippen molar-refractivity contribution >= 4 is 30.6 Å². The first kappa shape index (κ1) is 32.1. The van der Waals surface area contributed by atoms with Crippen molar-refractivity contribution in [2.24, 2.45) is 11.5 Å². The molecule has 0 aliphatic heterocycles. The molecule has 0 fully saturated rings. The summed E-state index contributed by atoms with van der Waals surface area (Å²) in [6.07, 6.45) is 0. The van der Waals surface area contributed by atoms with Crippen LogP contribution in [0.2, 0.25) is 0 Å². The summed E-state index contributed by atoms with van der Waals surface area (Å²) in [6, 6.07) is 11.1. The molecule has 0 atom stereocenters. The van der Waals surface area contributed by atoms with Gasteiger partial charge in [-0.2, -0.15) is 0 Å². The maximum atomic E-state index is 13.0. The minimum atomic E-state index is -0.0393. The van der Waals surface area contributed by atoms with Gasteiger partial charge >= 0.3 is 0 Å². The molecular formula is C25H36Cl2N2O7. The monoisotopic (exact) mass is 546 g/mol. The molecule has 3 rings (SSSR count). The Bertz CT molecular complexity index is 846. The van der Waals surface area contributed by atoms with Gasteiger partial charge < -0.3 is 39.9 Å². The number of ether oxygens (including phenoxy) is 6. The molecule has 0 saturated heterocycles. The predicted molar refractivity (Wildman–Crippen MR) is 142 cm³/mol. The Morgan fingerprint density at radius 1 is 0.500 bits per heavy atom. The molecule has 9 nitrogen and oxygen atoms in total. The molecule has 2 aromatic rings. The summed E-state index contributed by atoms with van der Waals surface area (Å²) in [5, 5.41) is 0. The average Bonchev–Trinajstić information content (AvgIpc) is 3.13. The lowest BCUT2D eigenvalue weighted by Crippen LogP contribution is -2.14. The highest BCUT2D eigenvalue weighted by atomic mass is 35.5. The van der Waals surface area contributed by atoms with E-state index in [0.29, 0.717) is 102 Å². The maximum absolute atomic E-state index is 13.0. The van der Waals surface area contributed by atoms with E-state index in [0.717, 1.165) is 11.1 Å². The molecule has 11 heteroatoms. The SMILES string of the molecule is Cl.Cl.NCCOCCOCCOc1ccc2c(c1)C(=O)c1cc(OCCOCCOCCN)ccc1-2. The van der Waals surface area contributed by atoms with Gasteiger partial charge in [-0.3, -0.25) is 4.79 Å². The summed E-state index contributed by atoms with van der Waals surface area (Å²) < 4.78 is 32.9. The van der Waals surface area contributed by atoms with Gasteiger partial charge in [0.05, 0.1) is 52.9 Å². The lowest BCUT2D eigenvalue weighted by molar-refractivity contribution is 0.0388. The minimum Gasteiger partial charge on any atom is -0.491 e. The highest BCUT2D eigenvalue weighted by Crippen LogP contribution is 2.39. The number of hydrogen-bond acceptors (Lipinski definition) is 9. The quantitative estimate of drug-likeness (QED) is 0.231. The first-order chi connectivity index (χ1) is 16.7. The molecule has 0 bridgehead atoms. The Kier molecular flexibility index (Phi) is 16.3. The van der Waals surface area contributed by atoms with Crippen molar-refractivity contribution < 1.29 is 33.2 Å². The van der Waals surface area contributed by atoms with Crippen LogP contribution in [-0.2, 0) is 18.9 Å². The van der Waals surface area contributed by atoms with Crippen LogP contribution in [0.5, 0.6) is 11.5 Å². The fraction of sp³-hybridized carbons (Fsp3) is 0.480.